The minimum absolute atomic E-state index is 0.00912. The van der Waals surface area contributed by atoms with E-state index in [0.29, 0.717) is 6.42 Å². The standard InChI is InChI=1S/C18H20FNO3S/c1-3-12-24(22,23)17-7-5-4-6-16(17)18(21)20-13(2)14-8-10-15(19)11-9-14/h4-11,13H,3,12H2,1-2H3,(H,20,21). The number of halogens is 1. The molecule has 0 fully saturated rings. The van der Waals surface area contributed by atoms with E-state index in [1.54, 1.807) is 38.1 Å². The van der Waals surface area contributed by atoms with Crippen LogP contribution in [0.4, 0.5) is 4.39 Å². The van der Waals surface area contributed by atoms with Gasteiger partial charge in [0.25, 0.3) is 5.91 Å². The van der Waals surface area contributed by atoms with E-state index >= 15 is 0 Å². The number of carbonyl (C=O) groups is 1. The van der Waals surface area contributed by atoms with Gasteiger partial charge in [-0.3, -0.25) is 4.79 Å². The topological polar surface area (TPSA) is 63.2 Å². The van der Waals surface area contributed by atoms with Crippen LogP contribution in [0, 0.1) is 5.82 Å². The summed E-state index contributed by atoms with van der Waals surface area (Å²) in [5.41, 5.74) is 0.860. The number of hydrogen-bond acceptors (Lipinski definition) is 3. The van der Waals surface area contributed by atoms with Crippen LogP contribution < -0.4 is 5.32 Å². The zero-order chi connectivity index (χ0) is 17.7. The second-order valence-electron chi connectivity index (χ2n) is 5.56. The number of rotatable bonds is 6. The molecule has 1 unspecified atom stereocenters. The summed E-state index contributed by atoms with van der Waals surface area (Å²) < 4.78 is 37.6. The van der Waals surface area contributed by atoms with E-state index in [1.165, 1.54) is 24.3 Å². The summed E-state index contributed by atoms with van der Waals surface area (Å²) >= 11 is 0. The van der Waals surface area contributed by atoms with E-state index in [0.717, 1.165) is 5.56 Å². The van der Waals surface area contributed by atoms with E-state index in [-0.39, 0.29) is 28.1 Å². The summed E-state index contributed by atoms with van der Waals surface area (Å²) in [4.78, 5) is 12.6. The van der Waals surface area contributed by atoms with Crippen molar-refractivity contribution in [3.05, 3.63) is 65.5 Å². The van der Waals surface area contributed by atoms with Gasteiger partial charge in [-0.25, -0.2) is 12.8 Å². The fourth-order valence-electron chi connectivity index (χ4n) is 2.41. The average molecular weight is 349 g/mol. The largest absolute Gasteiger partial charge is 0.345 e. The van der Waals surface area contributed by atoms with Gasteiger partial charge in [-0.1, -0.05) is 31.2 Å². The molecule has 1 amide bonds. The van der Waals surface area contributed by atoms with Gasteiger partial charge in [-0.2, -0.15) is 0 Å². The first kappa shape index (κ1) is 18.1. The predicted molar refractivity (Wildman–Crippen MR) is 91.1 cm³/mol. The molecule has 0 heterocycles. The number of amides is 1. The van der Waals surface area contributed by atoms with Crippen molar-refractivity contribution in [1.29, 1.82) is 0 Å². The normalized spacial score (nSPS) is 12.6. The van der Waals surface area contributed by atoms with E-state index < -0.39 is 15.7 Å². The Kier molecular flexibility index (Phi) is 5.72. The second-order valence-corrected chi connectivity index (χ2v) is 7.64. The van der Waals surface area contributed by atoms with Crippen LogP contribution in [0.5, 0.6) is 0 Å². The van der Waals surface area contributed by atoms with Crippen LogP contribution in [0.3, 0.4) is 0 Å². The predicted octanol–water partition coefficient (Wildman–Crippen LogP) is 3.50. The fourth-order valence-corrected chi connectivity index (χ4v) is 3.95. The minimum atomic E-state index is -3.50. The van der Waals surface area contributed by atoms with Crippen molar-refractivity contribution < 1.29 is 17.6 Å². The van der Waals surface area contributed by atoms with Gasteiger partial charge < -0.3 is 5.32 Å². The van der Waals surface area contributed by atoms with Crippen molar-refractivity contribution in [2.24, 2.45) is 0 Å². The van der Waals surface area contributed by atoms with Crippen LogP contribution in [0.2, 0.25) is 0 Å². The molecule has 128 valence electrons. The maximum Gasteiger partial charge on any atom is 0.253 e. The molecule has 0 radical (unpaired) electrons. The molecule has 0 aliphatic carbocycles. The van der Waals surface area contributed by atoms with Gasteiger partial charge in [0.15, 0.2) is 9.84 Å². The molecule has 2 aromatic carbocycles. The highest BCUT2D eigenvalue weighted by molar-refractivity contribution is 7.91. The third-order valence-electron chi connectivity index (χ3n) is 3.66. The van der Waals surface area contributed by atoms with Crippen molar-refractivity contribution in [3.63, 3.8) is 0 Å². The lowest BCUT2D eigenvalue weighted by molar-refractivity contribution is 0.0936. The lowest BCUT2D eigenvalue weighted by Crippen LogP contribution is -2.28. The van der Waals surface area contributed by atoms with E-state index in [4.69, 9.17) is 0 Å². The molecule has 0 saturated heterocycles. The van der Waals surface area contributed by atoms with Gasteiger partial charge in [-0.05, 0) is 43.2 Å². The van der Waals surface area contributed by atoms with Gasteiger partial charge in [0, 0.05) is 0 Å². The second kappa shape index (κ2) is 7.57. The highest BCUT2D eigenvalue weighted by Crippen LogP contribution is 2.20. The van der Waals surface area contributed by atoms with E-state index in [1.807, 2.05) is 0 Å². The van der Waals surface area contributed by atoms with Crippen molar-refractivity contribution in [3.8, 4) is 0 Å². The number of carbonyl (C=O) groups excluding carboxylic acids is 1. The van der Waals surface area contributed by atoms with Crippen molar-refractivity contribution in [2.45, 2.75) is 31.2 Å². The Labute approximate surface area is 141 Å². The molecule has 0 aromatic heterocycles. The molecule has 0 aliphatic rings. The van der Waals surface area contributed by atoms with Crippen LogP contribution in [0.25, 0.3) is 0 Å². The summed E-state index contributed by atoms with van der Waals surface area (Å²) in [6, 6.07) is 11.6. The van der Waals surface area contributed by atoms with Gasteiger partial charge in [0.05, 0.1) is 22.3 Å². The Morgan fingerprint density at radius 1 is 1.12 bits per heavy atom. The lowest BCUT2D eigenvalue weighted by Gasteiger charge is -2.16. The monoisotopic (exact) mass is 349 g/mol. The summed E-state index contributed by atoms with van der Waals surface area (Å²) in [6.45, 7) is 3.53. The summed E-state index contributed by atoms with van der Waals surface area (Å²) in [5.74, 6) is -0.833. The van der Waals surface area contributed by atoms with Crippen LogP contribution in [0.15, 0.2) is 53.4 Å². The molecule has 24 heavy (non-hydrogen) atoms. The van der Waals surface area contributed by atoms with Gasteiger partial charge in [0.2, 0.25) is 0 Å². The zero-order valence-electron chi connectivity index (χ0n) is 13.6. The number of hydrogen-bond donors (Lipinski definition) is 1. The Morgan fingerprint density at radius 2 is 1.75 bits per heavy atom. The summed E-state index contributed by atoms with van der Waals surface area (Å²) in [7, 11) is -3.50. The van der Waals surface area contributed by atoms with Gasteiger partial charge >= 0.3 is 0 Å². The van der Waals surface area contributed by atoms with E-state index in [2.05, 4.69) is 5.32 Å². The molecular formula is C18H20FNO3S. The Morgan fingerprint density at radius 3 is 2.38 bits per heavy atom. The maximum absolute atomic E-state index is 13.0. The number of benzene rings is 2. The average Bonchev–Trinajstić information content (AvgIpc) is 2.55. The minimum Gasteiger partial charge on any atom is -0.345 e. The first-order valence-electron chi connectivity index (χ1n) is 7.73. The highest BCUT2D eigenvalue weighted by atomic mass is 32.2. The molecule has 0 aliphatic heterocycles. The maximum atomic E-state index is 13.0. The first-order chi connectivity index (χ1) is 11.3. The number of sulfone groups is 1. The van der Waals surface area contributed by atoms with Crippen molar-refractivity contribution >= 4 is 15.7 Å². The molecule has 1 N–H and O–H groups in total. The van der Waals surface area contributed by atoms with Crippen LogP contribution >= 0.6 is 0 Å². The van der Waals surface area contributed by atoms with E-state index in [9.17, 15) is 17.6 Å². The molecule has 2 rings (SSSR count). The SMILES string of the molecule is CCCS(=O)(=O)c1ccccc1C(=O)NC(C)c1ccc(F)cc1. The Bertz CT molecular complexity index is 816. The van der Waals surface area contributed by atoms with Crippen LogP contribution in [0.1, 0.15) is 42.2 Å². The molecule has 0 spiro atoms. The van der Waals surface area contributed by atoms with Crippen molar-refractivity contribution in [2.75, 3.05) is 5.75 Å². The molecular weight excluding hydrogens is 329 g/mol. The Hall–Kier alpha value is -2.21. The molecule has 0 saturated carbocycles. The molecule has 6 heteroatoms. The third-order valence-corrected chi connectivity index (χ3v) is 5.63. The van der Waals surface area contributed by atoms with Crippen molar-refractivity contribution in [1.82, 2.24) is 5.32 Å². The zero-order valence-corrected chi connectivity index (χ0v) is 14.4. The van der Waals surface area contributed by atoms with Gasteiger partial charge in [-0.15, -0.1) is 0 Å². The quantitative estimate of drug-likeness (QED) is 0.868. The summed E-state index contributed by atoms with van der Waals surface area (Å²) in [6.07, 6.45) is 0.476. The molecule has 2 aromatic rings. The van der Waals surface area contributed by atoms with Crippen LogP contribution in [-0.4, -0.2) is 20.1 Å². The smallest absolute Gasteiger partial charge is 0.253 e. The molecule has 1 atom stereocenters. The fraction of sp³-hybridized carbons (Fsp3) is 0.278. The highest BCUT2D eigenvalue weighted by Gasteiger charge is 2.22. The lowest BCUT2D eigenvalue weighted by atomic mass is 10.1. The molecule has 0 bridgehead atoms. The van der Waals surface area contributed by atoms with Crippen LogP contribution in [-0.2, 0) is 9.84 Å². The first-order valence-corrected chi connectivity index (χ1v) is 9.38. The van der Waals surface area contributed by atoms with Gasteiger partial charge in [0.1, 0.15) is 5.82 Å². The number of nitrogens with one attached hydrogen (secondary N) is 1. The molecule has 4 nitrogen and oxygen atoms in total. The summed E-state index contributed by atoms with van der Waals surface area (Å²) in [5, 5.41) is 2.76. The third kappa shape index (κ3) is 4.20. The Balaban J connectivity index is 2.26.